The second-order valence-electron chi connectivity index (χ2n) is 5.44. The highest BCUT2D eigenvalue weighted by molar-refractivity contribution is 7.89. The smallest absolute Gasteiger partial charge is 0.338 e. The van der Waals surface area contributed by atoms with Crippen LogP contribution < -0.4 is 10.0 Å². The Morgan fingerprint density at radius 2 is 2.19 bits per heavy atom. The van der Waals surface area contributed by atoms with E-state index in [2.05, 4.69) is 16.6 Å². The molecule has 0 saturated carbocycles. The van der Waals surface area contributed by atoms with Crippen molar-refractivity contribution in [3.63, 3.8) is 0 Å². The fraction of sp³-hybridized carbons (Fsp3) is 0.312. The zero-order valence-electron chi connectivity index (χ0n) is 14.1. The van der Waals surface area contributed by atoms with E-state index in [9.17, 15) is 22.8 Å². The van der Waals surface area contributed by atoms with E-state index in [-0.39, 0.29) is 23.5 Å². The second-order valence-corrected chi connectivity index (χ2v) is 7.20. The maximum Gasteiger partial charge on any atom is 0.338 e. The Balaban J connectivity index is 2.10. The van der Waals surface area contributed by atoms with Gasteiger partial charge in [-0.25, -0.2) is 22.7 Å². The van der Waals surface area contributed by atoms with Crippen molar-refractivity contribution in [1.29, 1.82) is 0 Å². The van der Waals surface area contributed by atoms with Crippen LogP contribution in [0, 0.1) is 0 Å². The van der Waals surface area contributed by atoms with Crippen LogP contribution in [0.5, 0.6) is 0 Å². The Bertz CT molecular complexity index is 836. The summed E-state index contributed by atoms with van der Waals surface area (Å²) in [4.78, 5) is 36.7. The predicted molar refractivity (Wildman–Crippen MR) is 91.8 cm³/mol. The van der Waals surface area contributed by atoms with Crippen LogP contribution in [0.1, 0.15) is 17.3 Å². The van der Waals surface area contributed by atoms with Crippen LogP contribution in [0.2, 0.25) is 0 Å². The number of sulfonamides is 1. The fourth-order valence-electron chi connectivity index (χ4n) is 2.22. The SMILES string of the molecule is C=CCNS(=O)(=O)c1cccc(C(=O)O[C@@H](C)C(=O)N2CCNC2=O)c1. The van der Waals surface area contributed by atoms with Crippen molar-refractivity contribution in [2.45, 2.75) is 17.9 Å². The molecule has 140 valence electrons. The van der Waals surface area contributed by atoms with E-state index in [4.69, 9.17) is 4.74 Å². The summed E-state index contributed by atoms with van der Waals surface area (Å²) < 4.78 is 31.5. The number of esters is 1. The third-order valence-corrected chi connectivity index (χ3v) is 4.97. The summed E-state index contributed by atoms with van der Waals surface area (Å²) in [7, 11) is -3.80. The zero-order chi connectivity index (χ0) is 19.3. The second kappa shape index (κ2) is 8.11. The topological polar surface area (TPSA) is 122 Å². The number of benzene rings is 1. The van der Waals surface area contributed by atoms with Crippen molar-refractivity contribution in [3.05, 3.63) is 42.5 Å². The molecule has 1 heterocycles. The van der Waals surface area contributed by atoms with Crippen LogP contribution in [0.25, 0.3) is 0 Å². The summed E-state index contributed by atoms with van der Waals surface area (Å²) in [5.74, 6) is -1.52. The molecular weight excluding hydrogens is 362 g/mol. The molecule has 1 atom stereocenters. The molecule has 3 amide bonds. The third-order valence-electron chi connectivity index (χ3n) is 3.55. The lowest BCUT2D eigenvalue weighted by molar-refractivity contribution is -0.136. The van der Waals surface area contributed by atoms with Crippen LogP contribution >= 0.6 is 0 Å². The van der Waals surface area contributed by atoms with Gasteiger partial charge in [0.1, 0.15) is 0 Å². The summed E-state index contributed by atoms with van der Waals surface area (Å²) >= 11 is 0. The molecule has 1 aliphatic heterocycles. The summed E-state index contributed by atoms with van der Waals surface area (Å²) in [6.45, 7) is 5.35. The monoisotopic (exact) mass is 381 g/mol. The number of ether oxygens (including phenoxy) is 1. The summed E-state index contributed by atoms with van der Waals surface area (Å²) in [5, 5.41) is 2.48. The molecule has 2 rings (SSSR count). The van der Waals surface area contributed by atoms with E-state index < -0.39 is 34.0 Å². The summed E-state index contributed by atoms with van der Waals surface area (Å²) in [6, 6.07) is 4.69. The van der Waals surface area contributed by atoms with Crippen LogP contribution in [0.3, 0.4) is 0 Å². The molecule has 2 N–H and O–H groups in total. The number of nitrogens with zero attached hydrogens (tertiary/aromatic N) is 1. The minimum atomic E-state index is -3.80. The van der Waals surface area contributed by atoms with E-state index in [0.717, 1.165) is 11.0 Å². The number of hydrogen-bond donors (Lipinski definition) is 2. The van der Waals surface area contributed by atoms with Gasteiger partial charge in [0, 0.05) is 19.6 Å². The zero-order valence-corrected chi connectivity index (χ0v) is 14.9. The summed E-state index contributed by atoms with van der Waals surface area (Å²) in [5.41, 5.74) is -0.0306. The Labute approximate surface area is 151 Å². The van der Waals surface area contributed by atoms with Crippen molar-refractivity contribution >= 4 is 27.9 Å². The van der Waals surface area contributed by atoms with Crippen LogP contribution in [-0.4, -0.2) is 57.0 Å². The molecule has 1 aromatic carbocycles. The van der Waals surface area contributed by atoms with E-state index in [1.165, 1.54) is 31.2 Å². The first-order valence-corrected chi connectivity index (χ1v) is 9.25. The molecule has 10 heteroatoms. The molecule has 9 nitrogen and oxygen atoms in total. The van der Waals surface area contributed by atoms with Crippen molar-refractivity contribution in [2.24, 2.45) is 0 Å². The maximum atomic E-state index is 12.2. The third kappa shape index (κ3) is 4.46. The van der Waals surface area contributed by atoms with Gasteiger partial charge >= 0.3 is 12.0 Å². The number of carbonyl (C=O) groups is 3. The predicted octanol–water partition coefficient (Wildman–Crippen LogP) is 0.248. The van der Waals surface area contributed by atoms with E-state index in [1.807, 2.05) is 0 Å². The minimum absolute atomic E-state index is 0.0306. The largest absolute Gasteiger partial charge is 0.449 e. The Hall–Kier alpha value is -2.72. The normalized spacial score (nSPS) is 15.3. The first-order valence-electron chi connectivity index (χ1n) is 7.77. The standard InChI is InChI=1S/C16H19N3O6S/c1-3-7-18-26(23,24)13-6-4-5-12(10-13)15(21)25-11(2)14(20)19-9-8-17-16(19)22/h3-6,10-11,18H,1,7-9H2,2H3,(H,17,22)/t11-/m0/s1. The lowest BCUT2D eigenvalue weighted by Crippen LogP contribution is -2.41. The van der Waals surface area contributed by atoms with Gasteiger partial charge in [-0.15, -0.1) is 6.58 Å². The van der Waals surface area contributed by atoms with Crippen molar-refractivity contribution in [3.8, 4) is 0 Å². The average Bonchev–Trinajstić information content (AvgIpc) is 3.05. The highest BCUT2D eigenvalue weighted by atomic mass is 32.2. The molecule has 0 spiro atoms. The van der Waals surface area contributed by atoms with Crippen molar-refractivity contribution in [1.82, 2.24) is 14.9 Å². The van der Waals surface area contributed by atoms with E-state index in [1.54, 1.807) is 0 Å². The fourth-order valence-corrected chi connectivity index (χ4v) is 3.27. The van der Waals surface area contributed by atoms with Gasteiger partial charge in [0.05, 0.1) is 10.5 Å². The van der Waals surface area contributed by atoms with Crippen LogP contribution in [0.15, 0.2) is 41.8 Å². The van der Waals surface area contributed by atoms with E-state index in [0.29, 0.717) is 6.54 Å². The van der Waals surface area contributed by atoms with Gasteiger partial charge in [0.25, 0.3) is 5.91 Å². The van der Waals surface area contributed by atoms with Gasteiger partial charge < -0.3 is 10.1 Å². The number of imide groups is 1. The Kier molecular flexibility index (Phi) is 6.11. The molecule has 0 bridgehead atoms. The molecule has 1 fully saturated rings. The van der Waals surface area contributed by atoms with Crippen molar-refractivity contribution in [2.75, 3.05) is 19.6 Å². The molecule has 26 heavy (non-hydrogen) atoms. The Morgan fingerprint density at radius 3 is 2.81 bits per heavy atom. The quantitative estimate of drug-likeness (QED) is 0.516. The molecule has 1 aromatic rings. The molecule has 0 radical (unpaired) electrons. The van der Waals surface area contributed by atoms with Gasteiger partial charge in [-0.3, -0.25) is 9.69 Å². The van der Waals surface area contributed by atoms with Gasteiger partial charge in [-0.1, -0.05) is 12.1 Å². The molecule has 1 aliphatic rings. The highest BCUT2D eigenvalue weighted by Gasteiger charge is 2.31. The van der Waals surface area contributed by atoms with Gasteiger partial charge in [-0.2, -0.15) is 0 Å². The number of rotatable bonds is 7. The Morgan fingerprint density at radius 1 is 1.46 bits per heavy atom. The van der Waals surface area contributed by atoms with E-state index >= 15 is 0 Å². The highest BCUT2D eigenvalue weighted by Crippen LogP contribution is 2.14. The van der Waals surface area contributed by atoms with Crippen LogP contribution in [-0.2, 0) is 19.6 Å². The number of carbonyl (C=O) groups excluding carboxylic acids is 3. The molecule has 0 aliphatic carbocycles. The number of nitrogens with one attached hydrogen (secondary N) is 2. The minimum Gasteiger partial charge on any atom is -0.449 e. The first-order chi connectivity index (χ1) is 12.3. The van der Waals surface area contributed by atoms with Crippen LogP contribution in [0.4, 0.5) is 4.79 Å². The lowest BCUT2D eigenvalue weighted by atomic mass is 10.2. The molecule has 0 unspecified atom stereocenters. The van der Waals surface area contributed by atoms with Gasteiger partial charge in [0.2, 0.25) is 10.0 Å². The number of urea groups is 1. The molecule has 0 aromatic heterocycles. The maximum absolute atomic E-state index is 12.2. The number of hydrogen-bond acceptors (Lipinski definition) is 6. The average molecular weight is 381 g/mol. The molecule has 1 saturated heterocycles. The first kappa shape index (κ1) is 19.6. The van der Waals surface area contributed by atoms with Gasteiger partial charge in [-0.05, 0) is 25.1 Å². The van der Waals surface area contributed by atoms with Gasteiger partial charge in [0.15, 0.2) is 6.10 Å². The number of amides is 3. The lowest BCUT2D eigenvalue weighted by Gasteiger charge is -2.18. The van der Waals surface area contributed by atoms with Crippen molar-refractivity contribution < 1.29 is 27.5 Å². The summed E-state index contributed by atoms with van der Waals surface area (Å²) in [6.07, 6.45) is 0.197. The molecular formula is C16H19N3O6S.